The summed E-state index contributed by atoms with van der Waals surface area (Å²) in [6.45, 7) is 1.82. The first kappa shape index (κ1) is 12.8. The summed E-state index contributed by atoms with van der Waals surface area (Å²) in [6, 6.07) is 9.80. The lowest BCUT2D eigenvalue weighted by atomic mass is 10.2. The summed E-state index contributed by atoms with van der Waals surface area (Å²) in [5.41, 5.74) is 4.49. The molecule has 2 aromatic rings. The van der Waals surface area contributed by atoms with E-state index in [1.165, 1.54) is 6.21 Å². The average molecular weight is 255 g/mol. The maximum absolute atomic E-state index is 11.7. The Morgan fingerprint density at radius 2 is 2.05 bits per heavy atom. The van der Waals surface area contributed by atoms with Crippen LogP contribution in [0.25, 0.3) is 0 Å². The minimum Gasteiger partial charge on any atom is -0.508 e. The quantitative estimate of drug-likeness (QED) is 0.649. The van der Waals surface area contributed by atoms with Gasteiger partial charge in [0.05, 0.1) is 6.21 Å². The van der Waals surface area contributed by atoms with E-state index in [-0.39, 0.29) is 11.7 Å². The van der Waals surface area contributed by atoms with Gasteiger partial charge in [0.2, 0.25) is 0 Å². The molecule has 0 saturated carbocycles. The number of hydrogen-bond donors (Lipinski definition) is 2. The van der Waals surface area contributed by atoms with E-state index in [2.05, 4.69) is 15.5 Å². The third kappa shape index (κ3) is 3.64. The third-order valence-corrected chi connectivity index (χ3v) is 2.43. The van der Waals surface area contributed by atoms with E-state index in [1.54, 1.807) is 42.6 Å². The summed E-state index contributed by atoms with van der Waals surface area (Å²) >= 11 is 0. The largest absolute Gasteiger partial charge is 0.508 e. The number of phenolic OH excluding ortho intramolecular Hbond substituents is 1. The van der Waals surface area contributed by atoms with E-state index in [4.69, 9.17) is 5.11 Å². The Balaban J connectivity index is 1.98. The molecular weight excluding hydrogens is 242 g/mol. The van der Waals surface area contributed by atoms with Gasteiger partial charge in [-0.2, -0.15) is 5.10 Å². The Morgan fingerprint density at radius 3 is 2.74 bits per heavy atom. The lowest BCUT2D eigenvalue weighted by Gasteiger charge is -2.00. The first-order valence-corrected chi connectivity index (χ1v) is 5.70. The molecule has 1 aromatic heterocycles. The SMILES string of the molecule is Cc1cc(C(=O)N/N=C\c2ccc(O)cc2)ccn1. The monoisotopic (exact) mass is 255 g/mol. The molecule has 0 aliphatic rings. The number of amides is 1. The number of aromatic nitrogens is 1. The van der Waals surface area contributed by atoms with Crippen molar-refractivity contribution in [2.75, 3.05) is 0 Å². The molecule has 1 aromatic carbocycles. The molecule has 2 N–H and O–H groups in total. The standard InChI is InChI=1S/C14H13N3O2/c1-10-8-12(6-7-15-10)14(19)17-16-9-11-2-4-13(18)5-3-11/h2-9,18H,1H3,(H,17,19)/b16-9-. The van der Waals surface area contributed by atoms with Gasteiger partial charge in [-0.3, -0.25) is 9.78 Å². The predicted molar refractivity (Wildman–Crippen MR) is 72.1 cm³/mol. The van der Waals surface area contributed by atoms with Crippen molar-refractivity contribution in [3.05, 3.63) is 59.4 Å². The number of aromatic hydroxyl groups is 1. The van der Waals surface area contributed by atoms with Gasteiger partial charge in [0.25, 0.3) is 5.91 Å². The highest BCUT2D eigenvalue weighted by molar-refractivity contribution is 5.94. The van der Waals surface area contributed by atoms with Crippen LogP contribution < -0.4 is 5.43 Å². The second kappa shape index (κ2) is 5.77. The van der Waals surface area contributed by atoms with E-state index in [1.807, 2.05) is 6.92 Å². The van der Waals surface area contributed by atoms with Crippen molar-refractivity contribution in [1.29, 1.82) is 0 Å². The number of hydrazone groups is 1. The smallest absolute Gasteiger partial charge is 0.271 e. The van der Waals surface area contributed by atoms with Crippen LogP contribution in [-0.2, 0) is 0 Å². The zero-order chi connectivity index (χ0) is 13.7. The fraction of sp³-hybridized carbons (Fsp3) is 0.0714. The molecule has 5 heteroatoms. The maximum Gasteiger partial charge on any atom is 0.271 e. The number of carbonyl (C=O) groups excluding carboxylic acids is 1. The van der Waals surface area contributed by atoms with Crippen LogP contribution in [0.4, 0.5) is 0 Å². The number of phenols is 1. The molecule has 1 heterocycles. The van der Waals surface area contributed by atoms with Crippen LogP contribution in [0.1, 0.15) is 21.6 Å². The number of benzene rings is 1. The third-order valence-electron chi connectivity index (χ3n) is 2.43. The zero-order valence-corrected chi connectivity index (χ0v) is 10.4. The lowest BCUT2D eigenvalue weighted by Crippen LogP contribution is -2.17. The molecule has 0 unspecified atom stereocenters. The van der Waals surface area contributed by atoms with E-state index < -0.39 is 0 Å². The highest BCUT2D eigenvalue weighted by atomic mass is 16.3. The number of aryl methyl sites for hydroxylation is 1. The van der Waals surface area contributed by atoms with E-state index in [9.17, 15) is 4.79 Å². The first-order chi connectivity index (χ1) is 9.15. The van der Waals surface area contributed by atoms with Crippen LogP contribution in [0.5, 0.6) is 5.75 Å². The summed E-state index contributed by atoms with van der Waals surface area (Å²) in [6.07, 6.45) is 3.08. The molecule has 0 fully saturated rings. The van der Waals surface area contributed by atoms with Crippen molar-refractivity contribution in [1.82, 2.24) is 10.4 Å². The van der Waals surface area contributed by atoms with Crippen LogP contribution in [-0.4, -0.2) is 22.2 Å². The van der Waals surface area contributed by atoms with Gasteiger partial charge >= 0.3 is 0 Å². The summed E-state index contributed by atoms with van der Waals surface area (Å²) < 4.78 is 0. The molecule has 0 aliphatic carbocycles. The molecule has 0 radical (unpaired) electrons. The molecule has 0 aliphatic heterocycles. The Kier molecular flexibility index (Phi) is 3.87. The minimum absolute atomic E-state index is 0.188. The second-order valence-electron chi connectivity index (χ2n) is 3.98. The highest BCUT2D eigenvalue weighted by Gasteiger charge is 2.03. The minimum atomic E-state index is -0.291. The Bertz CT molecular complexity index is 606. The number of pyridine rings is 1. The van der Waals surface area contributed by atoms with Crippen LogP contribution in [0.3, 0.4) is 0 Å². The zero-order valence-electron chi connectivity index (χ0n) is 10.4. The molecule has 96 valence electrons. The number of hydrogen-bond acceptors (Lipinski definition) is 4. The molecular formula is C14H13N3O2. The number of carbonyl (C=O) groups is 1. The van der Waals surface area contributed by atoms with Gasteiger partial charge in [0, 0.05) is 17.5 Å². The molecule has 1 amide bonds. The van der Waals surface area contributed by atoms with Gasteiger partial charge in [-0.25, -0.2) is 5.43 Å². The molecule has 0 saturated heterocycles. The van der Waals surface area contributed by atoms with Crippen molar-refractivity contribution in [2.24, 2.45) is 5.10 Å². The van der Waals surface area contributed by atoms with Gasteiger partial charge in [-0.1, -0.05) is 0 Å². The van der Waals surface area contributed by atoms with Crippen molar-refractivity contribution in [2.45, 2.75) is 6.92 Å². The summed E-state index contributed by atoms with van der Waals surface area (Å²) in [5.74, 6) is -0.103. The van der Waals surface area contributed by atoms with Gasteiger partial charge in [0.15, 0.2) is 0 Å². The fourth-order valence-electron chi connectivity index (χ4n) is 1.48. The normalized spacial score (nSPS) is 10.6. The van der Waals surface area contributed by atoms with Crippen molar-refractivity contribution in [3.63, 3.8) is 0 Å². The Morgan fingerprint density at radius 1 is 1.32 bits per heavy atom. The molecule has 0 bridgehead atoms. The maximum atomic E-state index is 11.7. The van der Waals surface area contributed by atoms with Gasteiger partial charge in [0.1, 0.15) is 5.75 Å². The fourth-order valence-corrected chi connectivity index (χ4v) is 1.48. The molecule has 0 spiro atoms. The van der Waals surface area contributed by atoms with Crippen molar-refractivity contribution in [3.8, 4) is 5.75 Å². The topological polar surface area (TPSA) is 74.6 Å². The summed E-state index contributed by atoms with van der Waals surface area (Å²) in [5, 5.41) is 13.0. The van der Waals surface area contributed by atoms with Crippen LogP contribution in [0.15, 0.2) is 47.7 Å². The Hall–Kier alpha value is -2.69. The van der Waals surface area contributed by atoms with E-state index >= 15 is 0 Å². The highest BCUT2D eigenvalue weighted by Crippen LogP contribution is 2.07. The molecule has 0 atom stereocenters. The molecule has 19 heavy (non-hydrogen) atoms. The predicted octanol–water partition coefficient (Wildman–Crippen LogP) is 1.86. The van der Waals surface area contributed by atoms with Gasteiger partial charge < -0.3 is 5.11 Å². The number of nitrogens with zero attached hydrogens (tertiary/aromatic N) is 2. The summed E-state index contributed by atoms with van der Waals surface area (Å²) in [4.78, 5) is 15.8. The average Bonchev–Trinajstić information content (AvgIpc) is 2.41. The Labute approximate surface area is 110 Å². The first-order valence-electron chi connectivity index (χ1n) is 5.70. The van der Waals surface area contributed by atoms with E-state index in [0.717, 1.165) is 11.3 Å². The van der Waals surface area contributed by atoms with Crippen molar-refractivity contribution >= 4 is 12.1 Å². The molecule has 2 rings (SSSR count). The molecule has 5 nitrogen and oxygen atoms in total. The van der Waals surface area contributed by atoms with Gasteiger partial charge in [-0.05, 0) is 48.9 Å². The van der Waals surface area contributed by atoms with E-state index in [0.29, 0.717) is 5.56 Å². The number of nitrogens with one attached hydrogen (secondary N) is 1. The van der Waals surface area contributed by atoms with Crippen LogP contribution in [0, 0.1) is 6.92 Å². The van der Waals surface area contributed by atoms with Crippen LogP contribution >= 0.6 is 0 Å². The second-order valence-corrected chi connectivity index (χ2v) is 3.98. The summed E-state index contributed by atoms with van der Waals surface area (Å²) in [7, 11) is 0. The lowest BCUT2D eigenvalue weighted by molar-refractivity contribution is 0.0955. The van der Waals surface area contributed by atoms with Crippen molar-refractivity contribution < 1.29 is 9.90 Å². The number of rotatable bonds is 3. The van der Waals surface area contributed by atoms with Crippen LogP contribution in [0.2, 0.25) is 0 Å². The van der Waals surface area contributed by atoms with Gasteiger partial charge in [-0.15, -0.1) is 0 Å².